The van der Waals surface area contributed by atoms with E-state index in [-0.39, 0.29) is 0 Å². The van der Waals surface area contributed by atoms with Crippen molar-refractivity contribution in [3.63, 3.8) is 0 Å². The number of aromatic nitrogens is 2. The zero-order valence-electron chi connectivity index (χ0n) is 14.8. The second-order valence-electron chi connectivity index (χ2n) is 7.57. The molecule has 0 radical (unpaired) electrons. The van der Waals surface area contributed by atoms with Crippen LogP contribution in [0.25, 0.3) is 0 Å². The van der Waals surface area contributed by atoms with Crippen LogP contribution in [0.3, 0.4) is 0 Å². The van der Waals surface area contributed by atoms with Crippen molar-refractivity contribution < 1.29 is 0 Å². The molecule has 0 bridgehead atoms. The highest BCUT2D eigenvalue weighted by Crippen LogP contribution is 2.22. The molecule has 4 heterocycles. The molecule has 1 aromatic heterocycles. The van der Waals surface area contributed by atoms with Gasteiger partial charge in [0.25, 0.3) is 0 Å². The molecule has 6 nitrogen and oxygen atoms in total. The third kappa shape index (κ3) is 3.55. The van der Waals surface area contributed by atoms with E-state index in [0.29, 0.717) is 0 Å². The maximum Gasteiger partial charge on any atom is 0.225 e. The summed E-state index contributed by atoms with van der Waals surface area (Å²) in [6.45, 7) is 9.44. The van der Waals surface area contributed by atoms with Crippen LogP contribution in [-0.2, 0) is 0 Å². The molecule has 1 atom stereocenters. The lowest BCUT2D eigenvalue weighted by Gasteiger charge is -2.50. The number of nitrogens with zero attached hydrogens (tertiary/aromatic N) is 6. The van der Waals surface area contributed by atoms with Gasteiger partial charge in [-0.15, -0.1) is 0 Å². The van der Waals surface area contributed by atoms with E-state index in [1.165, 1.54) is 45.4 Å². The zero-order valence-corrected chi connectivity index (χ0v) is 14.8. The summed E-state index contributed by atoms with van der Waals surface area (Å²) in [6.07, 6.45) is 7.84. The van der Waals surface area contributed by atoms with E-state index >= 15 is 0 Å². The van der Waals surface area contributed by atoms with Gasteiger partial charge in [-0.1, -0.05) is 6.42 Å². The molecule has 6 heteroatoms. The lowest BCUT2D eigenvalue weighted by molar-refractivity contribution is 0.00879. The Morgan fingerprint density at radius 3 is 2.46 bits per heavy atom. The molecule has 3 aliphatic rings. The highest BCUT2D eigenvalue weighted by atomic mass is 15.4. The standard InChI is InChI=1S/C18H30N6/c1-21-8-3-2-5-16(21)13-22-14-17(15-22)23-9-11-24(12-10-23)18-19-6-4-7-20-18/h4,6-7,16-17H,2-3,5,8-15H2,1H3. The molecule has 3 aliphatic heterocycles. The number of hydrogen-bond donors (Lipinski definition) is 0. The molecule has 1 unspecified atom stereocenters. The second kappa shape index (κ2) is 7.33. The van der Waals surface area contributed by atoms with Gasteiger partial charge in [0.05, 0.1) is 0 Å². The van der Waals surface area contributed by atoms with Crippen molar-refractivity contribution in [3.8, 4) is 0 Å². The first-order valence-electron chi connectivity index (χ1n) is 9.48. The quantitative estimate of drug-likeness (QED) is 0.812. The molecule has 0 aliphatic carbocycles. The maximum absolute atomic E-state index is 4.37. The van der Waals surface area contributed by atoms with Crippen molar-refractivity contribution in [1.82, 2.24) is 24.7 Å². The van der Waals surface area contributed by atoms with E-state index in [0.717, 1.165) is 44.2 Å². The summed E-state index contributed by atoms with van der Waals surface area (Å²) in [4.78, 5) is 18.9. The number of piperidine rings is 1. The molecule has 132 valence electrons. The summed E-state index contributed by atoms with van der Waals surface area (Å²) in [5, 5.41) is 0. The molecular weight excluding hydrogens is 300 g/mol. The van der Waals surface area contributed by atoms with Gasteiger partial charge < -0.3 is 9.80 Å². The fourth-order valence-corrected chi connectivity index (χ4v) is 4.34. The molecule has 3 saturated heterocycles. The lowest BCUT2D eigenvalue weighted by Crippen LogP contribution is -2.64. The van der Waals surface area contributed by atoms with E-state index in [1.54, 1.807) is 0 Å². The normalized spacial score (nSPS) is 28.0. The highest BCUT2D eigenvalue weighted by Gasteiger charge is 2.35. The van der Waals surface area contributed by atoms with Gasteiger partial charge in [-0.25, -0.2) is 9.97 Å². The molecule has 0 saturated carbocycles. The van der Waals surface area contributed by atoms with Crippen molar-refractivity contribution in [2.75, 3.05) is 64.3 Å². The Bertz CT molecular complexity index is 510. The topological polar surface area (TPSA) is 38.7 Å². The van der Waals surface area contributed by atoms with Crippen LogP contribution in [0.1, 0.15) is 19.3 Å². The molecule has 24 heavy (non-hydrogen) atoms. The molecular formula is C18H30N6. The first kappa shape index (κ1) is 16.2. The van der Waals surface area contributed by atoms with Crippen LogP contribution in [0.15, 0.2) is 18.5 Å². The SMILES string of the molecule is CN1CCCCC1CN1CC(N2CCN(c3ncccn3)CC2)C1. The van der Waals surface area contributed by atoms with Crippen molar-refractivity contribution in [2.24, 2.45) is 0 Å². The minimum absolute atomic E-state index is 0.762. The Hall–Kier alpha value is -1.24. The first-order chi connectivity index (χ1) is 11.8. The van der Waals surface area contributed by atoms with Gasteiger partial charge in [-0.05, 0) is 32.5 Å². The largest absolute Gasteiger partial charge is 0.338 e. The van der Waals surface area contributed by atoms with Crippen LogP contribution in [0.5, 0.6) is 0 Å². The average Bonchev–Trinajstić information content (AvgIpc) is 2.60. The first-order valence-corrected chi connectivity index (χ1v) is 9.48. The van der Waals surface area contributed by atoms with E-state index in [1.807, 2.05) is 18.5 Å². The van der Waals surface area contributed by atoms with E-state index in [9.17, 15) is 0 Å². The Morgan fingerprint density at radius 1 is 1.00 bits per heavy atom. The summed E-state index contributed by atoms with van der Waals surface area (Å²) >= 11 is 0. The minimum atomic E-state index is 0.762. The smallest absolute Gasteiger partial charge is 0.225 e. The van der Waals surface area contributed by atoms with Gasteiger partial charge in [0, 0.05) is 70.3 Å². The van der Waals surface area contributed by atoms with Crippen LogP contribution >= 0.6 is 0 Å². The molecule has 0 spiro atoms. The number of anilines is 1. The molecule has 0 aromatic carbocycles. The van der Waals surface area contributed by atoms with Gasteiger partial charge in [0.15, 0.2) is 0 Å². The monoisotopic (exact) mass is 330 g/mol. The maximum atomic E-state index is 4.37. The van der Waals surface area contributed by atoms with E-state index in [4.69, 9.17) is 0 Å². The van der Waals surface area contributed by atoms with Gasteiger partial charge in [-0.3, -0.25) is 9.80 Å². The fraction of sp³-hybridized carbons (Fsp3) is 0.778. The predicted molar refractivity (Wildman–Crippen MR) is 96.3 cm³/mol. The van der Waals surface area contributed by atoms with Gasteiger partial charge >= 0.3 is 0 Å². The summed E-state index contributed by atoms with van der Waals surface area (Å²) < 4.78 is 0. The molecule has 0 amide bonds. The number of piperazine rings is 1. The number of hydrogen-bond acceptors (Lipinski definition) is 6. The molecule has 0 N–H and O–H groups in total. The highest BCUT2D eigenvalue weighted by molar-refractivity contribution is 5.29. The zero-order chi connectivity index (χ0) is 16.4. The summed E-state index contributed by atoms with van der Waals surface area (Å²) in [7, 11) is 2.30. The third-order valence-corrected chi connectivity index (χ3v) is 5.99. The molecule has 1 aromatic rings. The van der Waals surface area contributed by atoms with Gasteiger partial charge in [-0.2, -0.15) is 0 Å². The predicted octanol–water partition coefficient (Wildman–Crippen LogP) is 0.767. The Morgan fingerprint density at radius 2 is 1.75 bits per heavy atom. The van der Waals surface area contributed by atoms with E-state index in [2.05, 4.69) is 36.6 Å². The van der Waals surface area contributed by atoms with Crippen LogP contribution in [0.4, 0.5) is 5.95 Å². The number of likely N-dealkylation sites (tertiary alicyclic amines) is 2. The Balaban J connectivity index is 1.20. The van der Waals surface area contributed by atoms with Gasteiger partial charge in [0.2, 0.25) is 5.95 Å². The average molecular weight is 330 g/mol. The van der Waals surface area contributed by atoms with Crippen molar-refractivity contribution in [1.29, 1.82) is 0 Å². The molecule has 4 rings (SSSR count). The Labute approximate surface area is 145 Å². The molecule has 3 fully saturated rings. The lowest BCUT2D eigenvalue weighted by atomic mass is 9.99. The minimum Gasteiger partial charge on any atom is -0.338 e. The van der Waals surface area contributed by atoms with Crippen LogP contribution in [0, 0.1) is 0 Å². The van der Waals surface area contributed by atoms with Crippen LogP contribution in [0.2, 0.25) is 0 Å². The summed E-state index contributed by atoms with van der Waals surface area (Å²) in [6, 6.07) is 3.43. The van der Waals surface area contributed by atoms with Crippen molar-refractivity contribution >= 4 is 5.95 Å². The van der Waals surface area contributed by atoms with Crippen LogP contribution in [-0.4, -0.2) is 96.2 Å². The Kier molecular flexibility index (Phi) is 4.96. The number of likely N-dealkylation sites (N-methyl/N-ethyl adjacent to an activating group) is 1. The summed E-state index contributed by atoms with van der Waals surface area (Å²) in [5.74, 6) is 0.882. The van der Waals surface area contributed by atoms with Crippen LogP contribution < -0.4 is 4.90 Å². The van der Waals surface area contributed by atoms with Crippen molar-refractivity contribution in [3.05, 3.63) is 18.5 Å². The fourth-order valence-electron chi connectivity index (χ4n) is 4.34. The summed E-state index contributed by atoms with van der Waals surface area (Å²) in [5.41, 5.74) is 0. The second-order valence-corrected chi connectivity index (χ2v) is 7.57. The van der Waals surface area contributed by atoms with Crippen molar-refractivity contribution in [2.45, 2.75) is 31.3 Å². The van der Waals surface area contributed by atoms with E-state index < -0.39 is 0 Å². The number of rotatable bonds is 4. The van der Waals surface area contributed by atoms with Gasteiger partial charge in [0.1, 0.15) is 0 Å². The third-order valence-electron chi connectivity index (χ3n) is 5.99.